The van der Waals surface area contributed by atoms with Crippen LogP contribution in [-0.2, 0) is 15.3 Å². The highest BCUT2D eigenvalue weighted by molar-refractivity contribution is 8.03. The van der Waals surface area contributed by atoms with Crippen LogP contribution in [0.2, 0.25) is 5.02 Å². The second-order valence-electron chi connectivity index (χ2n) is 5.19. The maximum absolute atomic E-state index is 11.3. The molecule has 0 aromatic heterocycles. The van der Waals surface area contributed by atoms with Gasteiger partial charge in [0.05, 0.1) is 12.9 Å². The van der Waals surface area contributed by atoms with Crippen molar-refractivity contribution in [2.45, 2.75) is 41.9 Å². The van der Waals surface area contributed by atoms with Gasteiger partial charge < -0.3 is 4.74 Å². The van der Waals surface area contributed by atoms with Crippen molar-refractivity contribution in [1.29, 1.82) is 0 Å². The van der Waals surface area contributed by atoms with Gasteiger partial charge in [-0.05, 0) is 30.5 Å². The monoisotopic (exact) mass is 344 g/mol. The van der Waals surface area contributed by atoms with E-state index in [1.165, 1.54) is 38.4 Å². The number of rotatable bonds is 6. The van der Waals surface area contributed by atoms with Crippen LogP contribution in [-0.4, -0.2) is 29.3 Å². The van der Waals surface area contributed by atoms with Gasteiger partial charge in [0.1, 0.15) is 0 Å². The molecule has 2 rings (SSSR count). The van der Waals surface area contributed by atoms with Crippen LogP contribution in [0.25, 0.3) is 0 Å². The first-order chi connectivity index (χ1) is 10.2. The van der Waals surface area contributed by atoms with Gasteiger partial charge in [-0.1, -0.05) is 36.6 Å². The maximum Gasteiger partial charge on any atom is 0.315 e. The molecule has 0 radical (unpaired) electrons. The van der Waals surface area contributed by atoms with E-state index in [4.69, 9.17) is 16.3 Å². The fraction of sp³-hybridized carbons (Fsp3) is 0.562. The van der Waals surface area contributed by atoms with Crippen molar-refractivity contribution < 1.29 is 9.53 Å². The first kappa shape index (κ1) is 17.0. The highest BCUT2D eigenvalue weighted by atomic mass is 35.5. The van der Waals surface area contributed by atoms with Gasteiger partial charge in [-0.15, -0.1) is 11.8 Å². The number of esters is 1. The van der Waals surface area contributed by atoms with Crippen molar-refractivity contribution in [2.75, 3.05) is 12.9 Å². The van der Waals surface area contributed by atoms with Crippen molar-refractivity contribution in [3.63, 3.8) is 0 Å². The Balaban J connectivity index is 1.83. The smallest absolute Gasteiger partial charge is 0.315 e. The average Bonchev–Trinajstić information content (AvgIpc) is 2.52. The number of carbonyl (C=O) groups excluding carboxylic acids is 1. The topological polar surface area (TPSA) is 26.3 Å². The lowest BCUT2D eigenvalue weighted by Gasteiger charge is -2.30. The number of hydrogen-bond acceptors (Lipinski definition) is 4. The van der Waals surface area contributed by atoms with Crippen LogP contribution in [0.1, 0.15) is 31.2 Å². The van der Waals surface area contributed by atoms with Gasteiger partial charge in [0, 0.05) is 21.3 Å². The van der Waals surface area contributed by atoms with Gasteiger partial charge in [-0.25, -0.2) is 0 Å². The molecule has 5 heteroatoms. The summed E-state index contributed by atoms with van der Waals surface area (Å²) in [4.78, 5) is 11.3. The number of methoxy groups -OCH3 is 1. The summed E-state index contributed by atoms with van der Waals surface area (Å²) in [5.41, 5.74) is 1.31. The van der Waals surface area contributed by atoms with Gasteiger partial charge in [0.2, 0.25) is 0 Å². The molecule has 0 N–H and O–H groups in total. The molecule has 1 saturated carbocycles. The molecule has 1 fully saturated rings. The second-order valence-corrected chi connectivity index (χ2v) is 8.08. The molecule has 0 bridgehead atoms. The fourth-order valence-electron chi connectivity index (χ4n) is 2.46. The minimum Gasteiger partial charge on any atom is -0.468 e. The van der Waals surface area contributed by atoms with E-state index < -0.39 is 0 Å². The Morgan fingerprint density at radius 2 is 1.81 bits per heavy atom. The molecule has 1 aliphatic carbocycles. The van der Waals surface area contributed by atoms with Gasteiger partial charge in [-0.3, -0.25) is 4.79 Å². The predicted molar refractivity (Wildman–Crippen MR) is 93.3 cm³/mol. The Morgan fingerprint density at radius 1 is 1.19 bits per heavy atom. The zero-order chi connectivity index (χ0) is 15.1. The molecule has 1 aromatic rings. The first-order valence-electron chi connectivity index (χ1n) is 7.23. The standard InChI is InChI=1S/C16H21ClO2S2/c1-19-16(18)11-21-15-5-3-2-4-14(15)20-10-12-6-8-13(17)9-7-12/h6-9,14-15H,2-5,10-11H2,1H3. The van der Waals surface area contributed by atoms with E-state index in [0.29, 0.717) is 16.3 Å². The lowest BCUT2D eigenvalue weighted by molar-refractivity contribution is -0.137. The zero-order valence-electron chi connectivity index (χ0n) is 12.2. The highest BCUT2D eigenvalue weighted by Crippen LogP contribution is 2.37. The summed E-state index contributed by atoms with van der Waals surface area (Å²) >= 11 is 9.68. The van der Waals surface area contributed by atoms with Crippen molar-refractivity contribution in [2.24, 2.45) is 0 Å². The Kier molecular flexibility index (Phi) is 7.27. The summed E-state index contributed by atoms with van der Waals surface area (Å²) < 4.78 is 4.74. The minimum atomic E-state index is -0.118. The molecule has 116 valence electrons. The van der Waals surface area contributed by atoms with E-state index in [2.05, 4.69) is 12.1 Å². The van der Waals surface area contributed by atoms with E-state index in [9.17, 15) is 4.79 Å². The molecule has 1 aromatic carbocycles. The molecular weight excluding hydrogens is 324 g/mol. The van der Waals surface area contributed by atoms with Crippen LogP contribution < -0.4 is 0 Å². The summed E-state index contributed by atoms with van der Waals surface area (Å²) in [7, 11) is 1.45. The highest BCUT2D eigenvalue weighted by Gasteiger charge is 2.26. The van der Waals surface area contributed by atoms with Crippen LogP contribution in [0.15, 0.2) is 24.3 Å². The number of carbonyl (C=O) groups is 1. The molecule has 21 heavy (non-hydrogen) atoms. The van der Waals surface area contributed by atoms with Gasteiger partial charge in [0.15, 0.2) is 0 Å². The number of benzene rings is 1. The quantitative estimate of drug-likeness (QED) is 0.693. The molecule has 0 spiro atoms. The van der Waals surface area contributed by atoms with E-state index in [-0.39, 0.29) is 5.97 Å². The minimum absolute atomic E-state index is 0.118. The summed E-state index contributed by atoms with van der Waals surface area (Å²) in [6.45, 7) is 0. The van der Waals surface area contributed by atoms with E-state index >= 15 is 0 Å². The number of thioether (sulfide) groups is 2. The van der Waals surface area contributed by atoms with Crippen molar-refractivity contribution in [3.8, 4) is 0 Å². The van der Waals surface area contributed by atoms with Crippen LogP contribution in [0, 0.1) is 0 Å². The fourth-order valence-corrected chi connectivity index (χ4v) is 5.49. The molecule has 0 saturated heterocycles. The molecule has 0 amide bonds. The normalized spacial score (nSPS) is 22.0. The summed E-state index contributed by atoms with van der Waals surface area (Å²) in [5, 5.41) is 1.98. The summed E-state index contributed by atoms with van der Waals surface area (Å²) in [6.07, 6.45) is 5.03. The SMILES string of the molecule is COC(=O)CSC1CCCCC1SCc1ccc(Cl)cc1. The zero-order valence-corrected chi connectivity index (χ0v) is 14.6. The Morgan fingerprint density at radius 3 is 2.43 bits per heavy atom. The van der Waals surface area contributed by atoms with Gasteiger partial charge >= 0.3 is 5.97 Å². The van der Waals surface area contributed by atoms with Crippen LogP contribution in [0.3, 0.4) is 0 Å². The molecule has 2 atom stereocenters. The lowest BCUT2D eigenvalue weighted by atomic mass is 10.00. The molecule has 0 heterocycles. The maximum atomic E-state index is 11.3. The van der Waals surface area contributed by atoms with E-state index in [1.807, 2.05) is 23.9 Å². The lowest BCUT2D eigenvalue weighted by Crippen LogP contribution is -2.26. The summed E-state index contributed by atoms with van der Waals surface area (Å²) in [5.74, 6) is 1.36. The van der Waals surface area contributed by atoms with E-state index in [1.54, 1.807) is 11.8 Å². The predicted octanol–water partition coefficient (Wildman–Crippen LogP) is 4.79. The number of ether oxygens (including phenoxy) is 1. The molecule has 2 unspecified atom stereocenters. The first-order valence-corrected chi connectivity index (χ1v) is 9.71. The third-order valence-electron chi connectivity index (χ3n) is 3.66. The van der Waals surface area contributed by atoms with Crippen LogP contribution in [0.4, 0.5) is 0 Å². The Labute approximate surface area is 140 Å². The molecular formula is C16H21ClO2S2. The average molecular weight is 345 g/mol. The second kappa shape index (κ2) is 8.96. The van der Waals surface area contributed by atoms with Gasteiger partial charge in [0.25, 0.3) is 0 Å². The van der Waals surface area contributed by atoms with Crippen molar-refractivity contribution >= 4 is 41.1 Å². The molecule has 0 aliphatic heterocycles. The van der Waals surface area contributed by atoms with E-state index in [0.717, 1.165) is 10.8 Å². The van der Waals surface area contributed by atoms with Crippen molar-refractivity contribution in [1.82, 2.24) is 0 Å². The van der Waals surface area contributed by atoms with Crippen LogP contribution in [0.5, 0.6) is 0 Å². The molecule has 1 aliphatic rings. The number of hydrogen-bond donors (Lipinski definition) is 0. The number of halogens is 1. The van der Waals surface area contributed by atoms with Gasteiger partial charge in [-0.2, -0.15) is 11.8 Å². The third kappa shape index (κ3) is 5.76. The Hall–Kier alpha value is -0.320. The third-order valence-corrected chi connectivity index (χ3v) is 6.97. The van der Waals surface area contributed by atoms with Crippen molar-refractivity contribution in [3.05, 3.63) is 34.9 Å². The Bertz CT molecular complexity index is 450. The molecule has 2 nitrogen and oxygen atoms in total. The van der Waals surface area contributed by atoms with Crippen LogP contribution >= 0.6 is 35.1 Å². The largest absolute Gasteiger partial charge is 0.468 e. The summed E-state index contributed by atoms with van der Waals surface area (Å²) in [6, 6.07) is 8.08.